The number of hydrogen-bond donors (Lipinski definition) is 1. The average molecular weight is 589 g/mol. The zero-order valence-corrected chi connectivity index (χ0v) is 24.6. The maximum Gasteiger partial charge on any atom is 0.251 e. The van der Waals surface area contributed by atoms with E-state index in [1.807, 2.05) is 48.5 Å². The van der Waals surface area contributed by atoms with Gasteiger partial charge in [-0.1, -0.05) is 24.3 Å². The predicted molar refractivity (Wildman–Crippen MR) is 163 cm³/mol. The topological polar surface area (TPSA) is 94.2 Å². The molecule has 6 rings (SSSR count). The highest BCUT2D eigenvalue weighted by Gasteiger charge is 2.25. The van der Waals surface area contributed by atoms with Gasteiger partial charge < -0.3 is 19.5 Å². The largest absolute Gasteiger partial charge is 0.490 e. The van der Waals surface area contributed by atoms with Crippen LogP contribution in [-0.4, -0.2) is 64.5 Å². The molecule has 3 heterocycles. The number of fused-ring (bicyclic) bond motifs is 2. The molecule has 9 heteroatoms. The molecule has 3 aromatic rings. The van der Waals surface area contributed by atoms with Gasteiger partial charge >= 0.3 is 0 Å². The minimum atomic E-state index is -3.55. The molecule has 8 nitrogen and oxygen atoms in total. The molecule has 0 aliphatic carbocycles. The standard InChI is InChI=1S/C33H36N2O6S/c1-35(29-11-16-39-17-12-29)22-23-3-7-28(8-4-23)34-33(36)26-13-18-42(37,38)32-10-6-24(19-27(32)20-26)25-5-9-30-31(21-25)41-15-2-14-40-30/h3-10,19-21,29H,2,11-18,22H2,1H3,(H,34,36). The fourth-order valence-electron chi connectivity index (χ4n) is 5.71. The van der Waals surface area contributed by atoms with E-state index >= 15 is 0 Å². The van der Waals surface area contributed by atoms with Crippen LogP contribution in [-0.2, 0) is 25.9 Å². The lowest BCUT2D eigenvalue weighted by Gasteiger charge is -2.31. The Morgan fingerprint density at radius 1 is 0.905 bits per heavy atom. The smallest absolute Gasteiger partial charge is 0.251 e. The highest BCUT2D eigenvalue weighted by molar-refractivity contribution is 7.91. The third-order valence-corrected chi connectivity index (χ3v) is 9.93. The molecule has 3 aromatic carbocycles. The first-order valence-electron chi connectivity index (χ1n) is 14.5. The van der Waals surface area contributed by atoms with Gasteiger partial charge in [-0.05, 0) is 91.0 Å². The van der Waals surface area contributed by atoms with Gasteiger partial charge in [0.25, 0.3) is 5.91 Å². The van der Waals surface area contributed by atoms with Crippen LogP contribution >= 0.6 is 0 Å². The SMILES string of the molecule is CN(Cc1ccc(NC(=O)C2=Cc3cc(-c4ccc5c(c4)OCCCO5)ccc3S(=O)(=O)CC2)cc1)C1CCOCC1. The lowest BCUT2D eigenvalue weighted by atomic mass is 10.0. The van der Waals surface area contributed by atoms with Crippen molar-refractivity contribution in [2.75, 3.05) is 44.5 Å². The fourth-order valence-corrected chi connectivity index (χ4v) is 7.17. The Morgan fingerprint density at radius 3 is 2.40 bits per heavy atom. The summed E-state index contributed by atoms with van der Waals surface area (Å²) in [6, 6.07) is 19.3. The number of anilines is 1. The number of benzene rings is 3. The minimum absolute atomic E-state index is 0.125. The number of amides is 1. The van der Waals surface area contributed by atoms with E-state index in [1.54, 1.807) is 18.2 Å². The summed E-state index contributed by atoms with van der Waals surface area (Å²) in [5.41, 5.74) is 4.49. The Hall–Kier alpha value is -3.66. The van der Waals surface area contributed by atoms with E-state index in [9.17, 15) is 13.2 Å². The van der Waals surface area contributed by atoms with E-state index in [0.717, 1.165) is 55.7 Å². The van der Waals surface area contributed by atoms with Gasteiger partial charge in [0, 0.05) is 43.5 Å². The number of hydrogen-bond acceptors (Lipinski definition) is 7. The summed E-state index contributed by atoms with van der Waals surface area (Å²) < 4.78 is 43.3. The van der Waals surface area contributed by atoms with Crippen LogP contribution in [0.15, 0.2) is 71.1 Å². The highest BCUT2D eigenvalue weighted by Crippen LogP contribution is 2.36. The van der Waals surface area contributed by atoms with Crippen LogP contribution < -0.4 is 14.8 Å². The number of nitrogens with zero attached hydrogens (tertiary/aromatic N) is 1. The average Bonchev–Trinajstić information content (AvgIpc) is 3.32. The lowest BCUT2D eigenvalue weighted by Crippen LogP contribution is -2.36. The molecule has 1 saturated heterocycles. The molecule has 0 radical (unpaired) electrons. The minimum Gasteiger partial charge on any atom is -0.490 e. The molecule has 0 unspecified atom stereocenters. The van der Waals surface area contributed by atoms with E-state index in [1.165, 1.54) is 0 Å². The number of nitrogens with one attached hydrogen (secondary N) is 1. The second-order valence-corrected chi connectivity index (χ2v) is 13.2. The maximum absolute atomic E-state index is 13.3. The van der Waals surface area contributed by atoms with Crippen LogP contribution in [0.2, 0.25) is 0 Å². The van der Waals surface area contributed by atoms with Gasteiger partial charge in [-0.25, -0.2) is 8.42 Å². The summed E-state index contributed by atoms with van der Waals surface area (Å²) >= 11 is 0. The van der Waals surface area contributed by atoms with Crippen LogP contribution in [0.3, 0.4) is 0 Å². The molecule has 220 valence electrons. The van der Waals surface area contributed by atoms with Crippen molar-refractivity contribution in [3.63, 3.8) is 0 Å². The summed E-state index contributed by atoms with van der Waals surface area (Å²) in [6.07, 6.45) is 4.73. The van der Waals surface area contributed by atoms with Crippen molar-refractivity contribution in [1.82, 2.24) is 4.90 Å². The van der Waals surface area contributed by atoms with Crippen LogP contribution in [0.4, 0.5) is 5.69 Å². The monoisotopic (exact) mass is 588 g/mol. The Bertz CT molecular complexity index is 1590. The van der Waals surface area contributed by atoms with Gasteiger partial charge in [-0.2, -0.15) is 0 Å². The molecule has 0 bridgehead atoms. The summed E-state index contributed by atoms with van der Waals surface area (Å²) in [7, 11) is -1.42. The predicted octanol–water partition coefficient (Wildman–Crippen LogP) is 5.33. The second-order valence-electron chi connectivity index (χ2n) is 11.1. The van der Waals surface area contributed by atoms with Crippen molar-refractivity contribution in [2.45, 2.75) is 43.2 Å². The van der Waals surface area contributed by atoms with Crippen LogP contribution in [0.1, 0.15) is 36.8 Å². The zero-order valence-electron chi connectivity index (χ0n) is 23.8. The van der Waals surface area contributed by atoms with E-state index in [4.69, 9.17) is 14.2 Å². The third kappa shape index (κ3) is 6.38. The molecule has 0 aromatic heterocycles. The van der Waals surface area contributed by atoms with Crippen molar-refractivity contribution in [3.8, 4) is 22.6 Å². The molecule has 0 saturated carbocycles. The second kappa shape index (κ2) is 12.3. The molecular formula is C33H36N2O6S. The van der Waals surface area contributed by atoms with Crippen LogP contribution in [0.5, 0.6) is 11.5 Å². The molecule has 1 N–H and O–H groups in total. The van der Waals surface area contributed by atoms with Gasteiger partial charge in [-0.15, -0.1) is 0 Å². The Labute approximate surface area is 247 Å². The normalized spacial score (nSPS) is 18.4. The number of rotatable bonds is 6. The van der Waals surface area contributed by atoms with Gasteiger partial charge in [0.15, 0.2) is 21.3 Å². The first kappa shape index (κ1) is 28.5. The van der Waals surface area contributed by atoms with Crippen molar-refractivity contribution in [1.29, 1.82) is 0 Å². The number of carbonyl (C=O) groups excluding carboxylic acids is 1. The molecular weight excluding hydrogens is 552 g/mol. The quantitative estimate of drug-likeness (QED) is 0.416. The molecule has 3 aliphatic heterocycles. The first-order chi connectivity index (χ1) is 20.4. The first-order valence-corrected chi connectivity index (χ1v) is 16.2. The number of carbonyl (C=O) groups is 1. The molecule has 42 heavy (non-hydrogen) atoms. The van der Waals surface area contributed by atoms with Crippen LogP contribution in [0.25, 0.3) is 17.2 Å². The summed E-state index contributed by atoms with van der Waals surface area (Å²) in [6.45, 7) is 3.63. The highest BCUT2D eigenvalue weighted by atomic mass is 32.2. The number of ether oxygens (including phenoxy) is 3. The summed E-state index contributed by atoms with van der Waals surface area (Å²) in [4.78, 5) is 15.9. The Kier molecular flexibility index (Phi) is 8.33. The van der Waals surface area contributed by atoms with Crippen molar-refractivity contribution in [3.05, 3.63) is 77.4 Å². The summed E-state index contributed by atoms with van der Waals surface area (Å²) in [5, 5.41) is 2.97. The van der Waals surface area contributed by atoms with E-state index in [-0.39, 0.29) is 23.0 Å². The third-order valence-electron chi connectivity index (χ3n) is 8.15. The van der Waals surface area contributed by atoms with E-state index in [2.05, 4.69) is 17.3 Å². The fraction of sp³-hybridized carbons (Fsp3) is 0.364. The number of sulfone groups is 1. The summed E-state index contributed by atoms with van der Waals surface area (Å²) in [5.74, 6) is 0.947. The maximum atomic E-state index is 13.3. The van der Waals surface area contributed by atoms with Gasteiger partial charge in [-0.3, -0.25) is 9.69 Å². The van der Waals surface area contributed by atoms with Gasteiger partial charge in [0.1, 0.15) is 0 Å². The Balaban J connectivity index is 1.20. The van der Waals surface area contributed by atoms with Crippen LogP contribution in [0, 0.1) is 0 Å². The Morgan fingerprint density at radius 2 is 1.62 bits per heavy atom. The van der Waals surface area contributed by atoms with Crippen molar-refractivity contribution in [2.24, 2.45) is 0 Å². The van der Waals surface area contributed by atoms with Crippen molar-refractivity contribution >= 4 is 27.5 Å². The molecule has 1 fully saturated rings. The molecule has 1 amide bonds. The van der Waals surface area contributed by atoms with Gasteiger partial charge in [0.2, 0.25) is 0 Å². The van der Waals surface area contributed by atoms with E-state index in [0.29, 0.717) is 47.6 Å². The van der Waals surface area contributed by atoms with Gasteiger partial charge in [0.05, 0.1) is 23.9 Å². The zero-order chi connectivity index (χ0) is 29.1. The van der Waals surface area contributed by atoms with E-state index < -0.39 is 9.84 Å². The van der Waals surface area contributed by atoms with Crippen molar-refractivity contribution < 1.29 is 27.4 Å². The molecule has 3 aliphatic rings. The molecule has 0 spiro atoms. The molecule has 0 atom stereocenters. The lowest BCUT2D eigenvalue weighted by molar-refractivity contribution is -0.112.